The summed E-state index contributed by atoms with van der Waals surface area (Å²) in [6, 6.07) is 8.53. The number of carboxylic acid groups (broad SMARTS) is 1. The second-order valence-corrected chi connectivity index (χ2v) is 12.4. The third kappa shape index (κ3) is 8.85. The van der Waals surface area contributed by atoms with E-state index < -0.39 is 24.6 Å². The average molecular weight is 676 g/mol. The van der Waals surface area contributed by atoms with Gasteiger partial charge in [0.2, 0.25) is 5.76 Å². The number of nitrogens with zero attached hydrogens (tertiary/aromatic N) is 3. The first-order valence-corrected chi connectivity index (χ1v) is 15.7. The van der Waals surface area contributed by atoms with E-state index in [1.165, 1.54) is 25.5 Å². The number of alkyl halides is 3. The number of rotatable bonds is 9. The molecule has 3 saturated heterocycles. The lowest BCUT2D eigenvalue weighted by atomic mass is 9.86. The molecule has 0 unspecified atom stereocenters. The number of carbonyl (C=O) groups is 2. The Labute approximate surface area is 275 Å². The number of aryl methyl sites for hydroxylation is 4. The number of fused-ring (bicyclic) bond motifs is 3. The number of piperidine rings is 3. The molecular formula is C34H40F3N3O8. The highest BCUT2D eigenvalue weighted by Crippen LogP contribution is 2.35. The molecule has 4 aromatic heterocycles. The minimum absolute atomic E-state index is 0.0130. The second-order valence-electron chi connectivity index (χ2n) is 12.4. The van der Waals surface area contributed by atoms with Crippen molar-refractivity contribution in [2.75, 3.05) is 19.6 Å². The molecule has 2 bridgehead atoms. The fourth-order valence-corrected chi connectivity index (χ4v) is 6.03. The minimum Gasteiger partial charge on any atom is -0.472 e. The number of ether oxygens (including phenoxy) is 1. The van der Waals surface area contributed by atoms with Crippen LogP contribution in [0.3, 0.4) is 0 Å². The molecular weight excluding hydrogens is 635 g/mol. The van der Waals surface area contributed by atoms with Gasteiger partial charge < -0.3 is 27.5 Å². The molecule has 0 spiro atoms. The third-order valence-corrected chi connectivity index (χ3v) is 8.59. The maximum Gasteiger partial charge on any atom is 0.449 e. The molecule has 4 aromatic rings. The quantitative estimate of drug-likeness (QED) is 0.188. The Bertz CT molecular complexity index is 1640. The Kier molecular flexibility index (Phi) is 10.6. The predicted octanol–water partition coefficient (Wildman–Crippen LogP) is 7.91. The van der Waals surface area contributed by atoms with Crippen LogP contribution < -0.4 is 0 Å². The van der Waals surface area contributed by atoms with E-state index in [1.54, 1.807) is 11.0 Å². The summed E-state index contributed by atoms with van der Waals surface area (Å²) in [5, 5.41) is 9.12. The van der Waals surface area contributed by atoms with E-state index in [-0.39, 0.29) is 30.1 Å². The average Bonchev–Trinajstić information content (AvgIpc) is 3.83. The van der Waals surface area contributed by atoms with Crippen LogP contribution in [0.1, 0.15) is 64.1 Å². The van der Waals surface area contributed by atoms with E-state index in [1.807, 2.05) is 39.0 Å². The van der Waals surface area contributed by atoms with Crippen molar-refractivity contribution in [3.63, 3.8) is 0 Å². The van der Waals surface area contributed by atoms with Crippen molar-refractivity contribution < 1.29 is 50.3 Å². The van der Waals surface area contributed by atoms with Crippen LogP contribution in [0.15, 0.2) is 60.5 Å². The number of furan rings is 4. The van der Waals surface area contributed by atoms with Crippen molar-refractivity contribution in [3.05, 3.63) is 94.1 Å². The fourth-order valence-electron chi connectivity index (χ4n) is 6.03. The summed E-state index contributed by atoms with van der Waals surface area (Å²) < 4.78 is 65.3. The van der Waals surface area contributed by atoms with Crippen LogP contribution in [0, 0.1) is 33.6 Å². The molecule has 7 heterocycles. The number of hydrogen-bond acceptors (Lipinski definition) is 8. The van der Waals surface area contributed by atoms with Crippen molar-refractivity contribution in [3.8, 4) is 0 Å². The van der Waals surface area contributed by atoms with Gasteiger partial charge in [-0.25, -0.2) is 9.59 Å². The van der Waals surface area contributed by atoms with Gasteiger partial charge in [-0.15, -0.1) is 0 Å². The summed E-state index contributed by atoms with van der Waals surface area (Å²) in [4.78, 5) is 29.1. The molecule has 7 rings (SSSR count). The summed E-state index contributed by atoms with van der Waals surface area (Å²) in [5.74, 6) is 2.62. The van der Waals surface area contributed by atoms with E-state index in [0.29, 0.717) is 24.6 Å². The molecule has 0 aliphatic carbocycles. The monoisotopic (exact) mass is 675 g/mol. The van der Waals surface area contributed by atoms with E-state index in [0.717, 1.165) is 66.0 Å². The summed E-state index contributed by atoms with van der Waals surface area (Å²) in [5.41, 5.74) is 1.42. The molecule has 11 nitrogen and oxygen atoms in total. The van der Waals surface area contributed by atoms with Crippen molar-refractivity contribution in [2.24, 2.45) is 5.92 Å². The van der Waals surface area contributed by atoms with Gasteiger partial charge in [-0.3, -0.25) is 14.7 Å². The SMILES string of the molecule is Cc1cc(CN(Cc2ccoc2)C(=O)O)c(C(F)(F)F)o1.Cc1ccc(CN(Cc2cc(C)c(C)o2)C(=O)O[C@H]2CN3CCC2CC3)o1. The van der Waals surface area contributed by atoms with Crippen molar-refractivity contribution >= 4 is 12.2 Å². The lowest BCUT2D eigenvalue weighted by Crippen LogP contribution is -2.52. The number of carbonyl (C=O) groups excluding carboxylic acids is 1. The summed E-state index contributed by atoms with van der Waals surface area (Å²) in [7, 11) is 0. The molecule has 0 saturated carbocycles. The zero-order valence-corrected chi connectivity index (χ0v) is 27.3. The van der Waals surface area contributed by atoms with E-state index in [4.69, 9.17) is 23.1 Å². The van der Waals surface area contributed by atoms with Gasteiger partial charge in [-0.1, -0.05) is 0 Å². The Morgan fingerprint density at radius 2 is 1.65 bits per heavy atom. The van der Waals surface area contributed by atoms with E-state index >= 15 is 0 Å². The largest absolute Gasteiger partial charge is 0.472 e. The smallest absolute Gasteiger partial charge is 0.449 e. The number of halogens is 3. The lowest BCUT2D eigenvalue weighted by molar-refractivity contribution is -0.154. The van der Waals surface area contributed by atoms with Crippen LogP contribution >= 0.6 is 0 Å². The van der Waals surface area contributed by atoms with Crippen LogP contribution in [0.2, 0.25) is 0 Å². The molecule has 14 heteroatoms. The van der Waals surface area contributed by atoms with Gasteiger partial charge in [-0.05, 0) is 95.4 Å². The normalized spacial score (nSPS) is 18.7. The van der Waals surface area contributed by atoms with Gasteiger partial charge in [0.05, 0.1) is 38.7 Å². The van der Waals surface area contributed by atoms with Crippen molar-refractivity contribution in [1.82, 2.24) is 14.7 Å². The maximum atomic E-state index is 13.0. The highest BCUT2D eigenvalue weighted by Gasteiger charge is 2.39. The summed E-state index contributed by atoms with van der Waals surface area (Å²) in [6.45, 7) is 10.6. The van der Waals surface area contributed by atoms with Gasteiger partial charge in [0, 0.05) is 17.7 Å². The van der Waals surface area contributed by atoms with Gasteiger partial charge in [0.1, 0.15) is 34.9 Å². The standard InChI is InChI=1S/C21H28N2O4.C13H12F3NO4/c1-14-10-19(26-16(14)3)12-23(11-18-5-4-15(2)25-18)21(24)27-20-13-22-8-6-17(20)7-9-22;1-8-4-10(11(21-8)13(14,15)16)6-17(12(18)19)5-9-2-3-20-7-9/h4-5,10,17,20H,6-9,11-13H2,1-3H3;2-4,7H,5-6H2,1H3,(H,18,19)/t20-;/m0./s1. The summed E-state index contributed by atoms with van der Waals surface area (Å²) >= 11 is 0. The molecule has 3 aliphatic rings. The van der Waals surface area contributed by atoms with Crippen LogP contribution in [-0.2, 0) is 37.1 Å². The van der Waals surface area contributed by atoms with Crippen molar-refractivity contribution in [2.45, 2.75) is 79.0 Å². The predicted molar refractivity (Wildman–Crippen MR) is 165 cm³/mol. The second kappa shape index (κ2) is 14.7. The Morgan fingerprint density at radius 1 is 0.917 bits per heavy atom. The molecule has 3 fully saturated rings. The van der Waals surface area contributed by atoms with E-state index in [2.05, 4.69) is 9.32 Å². The number of hydrogen-bond donors (Lipinski definition) is 1. The molecule has 3 aliphatic heterocycles. The first-order chi connectivity index (χ1) is 22.7. The van der Waals surface area contributed by atoms with Gasteiger partial charge >= 0.3 is 18.4 Å². The van der Waals surface area contributed by atoms with Crippen molar-refractivity contribution in [1.29, 1.82) is 0 Å². The van der Waals surface area contributed by atoms with Gasteiger partial charge in [0.25, 0.3) is 0 Å². The Morgan fingerprint density at radius 3 is 2.19 bits per heavy atom. The molecule has 1 atom stereocenters. The molecule has 2 amide bonds. The first-order valence-electron chi connectivity index (χ1n) is 15.7. The topological polar surface area (TPSA) is 126 Å². The van der Waals surface area contributed by atoms with Crippen LogP contribution in [0.5, 0.6) is 0 Å². The lowest BCUT2D eigenvalue weighted by Gasteiger charge is -2.44. The molecule has 1 N–H and O–H groups in total. The fraction of sp³-hybridized carbons (Fsp3) is 0.471. The molecule has 260 valence electrons. The van der Waals surface area contributed by atoms with Crippen LogP contribution in [0.25, 0.3) is 0 Å². The molecule has 48 heavy (non-hydrogen) atoms. The highest BCUT2D eigenvalue weighted by molar-refractivity contribution is 5.68. The van der Waals surface area contributed by atoms with Crippen LogP contribution in [0.4, 0.5) is 22.8 Å². The zero-order chi connectivity index (χ0) is 34.6. The Balaban J connectivity index is 0.000000194. The number of amides is 2. The first kappa shape index (κ1) is 34.7. The van der Waals surface area contributed by atoms with Crippen LogP contribution in [-0.4, -0.2) is 57.7 Å². The van der Waals surface area contributed by atoms with E-state index in [9.17, 15) is 22.8 Å². The summed E-state index contributed by atoms with van der Waals surface area (Å²) in [6.07, 6.45) is -1.38. The van der Waals surface area contributed by atoms with Gasteiger partial charge in [0.15, 0.2) is 0 Å². The highest BCUT2D eigenvalue weighted by atomic mass is 19.4. The minimum atomic E-state index is -4.66. The molecule has 0 radical (unpaired) electrons. The Hall–Kier alpha value is -4.59. The van der Waals surface area contributed by atoms with Gasteiger partial charge in [-0.2, -0.15) is 13.2 Å². The third-order valence-electron chi connectivity index (χ3n) is 8.59. The maximum absolute atomic E-state index is 13.0. The zero-order valence-electron chi connectivity index (χ0n) is 27.3. The molecule has 0 aromatic carbocycles.